The highest BCUT2D eigenvalue weighted by Crippen LogP contribution is 2.19. The van der Waals surface area contributed by atoms with Crippen LogP contribution in [0.4, 0.5) is 11.5 Å². The summed E-state index contributed by atoms with van der Waals surface area (Å²) in [5.41, 5.74) is 4.91. The van der Waals surface area contributed by atoms with E-state index in [1.807, 2.05) is 6.92 Å². The molecule has 1 amide bonds. The summed E-state index contributed by atoms with van der Waals surface area (Å²) < 4.78 is 12.0. The number of ether oxygens (including phenoxy) is 2. The first-order valence-corrected chi connectivity index (χ1v) is 10.1. The number of nitrogens with zero attached hydrogens (tertiary/aromatic N) is 2. The minimum absolute atomic E-state index is 0.0156. The van der Waals surface area contributed by atoms with Gasteiger partial charge in [0.2, 0.25) is 5.91 Å². The van der Waals surface area contributed by atoms with E-state index in [0.29, 0.717) is 25.3 Å². The van der Waals surface area contributed by atoms with Crippen LogP contribution in [0.25, 0.3) is 0 Å². The van der Waals surface area contributed by atoms with E-state index in [1.165, 1.54) is 9.47 Å². The lowest BCUT2D eigenvalue weighted by atomic mass is 10.2. The molecule has 0 saturated carbocycles. The number of nitrogen functional groups attached to an aromatic ring is 1. The van der Waals surface area contributed by atoms with Crippen LogP contribution in [0, 0.1) is 0 Å². The number of H-pyrrole nitrogens is 1. The fraction of sp³-hybridized carbons (Fsp3) is 0.476. The fourth-order valence-electron chi connectivity index (χ4n) is 3.06. The van der Waals surface area contributed by atoms with Crippen molar-refractivity contribution < 1.29 is 14.3 Å². The van der Waals surface area contributed by atoms with Crippen LogP contribution in [-0.2, 0) is 11.3 Å². The zero-order chi connectivity index (χ0) is 22.1. The normalized spacial score (nSPS) is 10.6. The molecule has 2 aromatic rings. The number of nitrogens with two attached hydrogens (primary N) is 1. The third-order valence-corrected chi connectivity index (χ3v) is 4.70. The minimum atomic E-state index is -0.657. The monoisotopic (exact) mass is 418 g/mol. The number of hydrogen-bond acceptors (Lipinski definition) is 6. The Bertz CT molecular complexity index is 949. The number of carbonyl (C=O) groups excluding carboxylic acids is 1. The first kappa shape index (κ1) is 23.1. The topological polar surface area (TPSA) is 120 Å². The molecule has 0 aliphatic carbocycles. The summed E-state index contributed by atoms with van der Waals surface area (Å²) in [4.78, 5) is 40.8. The SMILES string of the molecule is CCCCn1c(N)c(N(CC)C(=O)CCCOc2ccc(OC)cc2)c(=O)[nH]c1=O. The summed E-state index contributed by atoms with van der Waals surface area (Å²) in [6.45, 7) is 4.73. The van der Waals surface area contributed by atoms with Crippen LogP contribution in [0.15, 0.2) is 33.9 Å². The molecular formula is C21H30N4O5. The Morgan fingerprint density at radius 2 is 1.80 bits per heavy atom. The molecule has 30 heavy (non-hydrogen) atoms. The third-order valence-electron chi connectivity index (χ3n) is 4.70. The van der Waals surface area contributed by atoms with Crippen LogP contribution < -0.4 is 31.4 Å². The van der Waals surface area contributed by atoms with Crippen LogP contribution in [0.3, 0.4) is 0 Å². The van der Waals surface area contributed by atoms with E-state index >= 15 is 0 Å². The Kier molecular flexibility index (Phi) is 8.52. The maximum absolute atomic E-state index is 12.7. The van der Waals surface area contributed by atoms with Gasteiger partial charge in [-0.2, -0.15) is 0 Å². The Morgan fingerprint density at radius 3 is 2.40 bits per heavy atom. The Hall–Kier alpha value is -3.23. The summed E-state index contributed by atoms with van der Waals surface area (Å²) >= 11 is 0. The van der Waals surface area contributed by atoms with Gasteiger partial charge in [-0.1, -0.05) is 13.3 Å². The number of carbonyl (C=O) groups is 1. The number of rotatable bonds is 11. The molecule has 9 heteroatoms. The number of unbranched alkanes of at least 4 members (excludes halogenated alkanes) is 1. The lowest BCUT2D eigenvalue weighted by Gasteiger charge is -2.23. The van der Waals surface area contributed by atoms with Crippen molar-refractivity contribution in [3.63, 3.8) is 0 Å². The first-order valence-electron chi connectivity index (χ1n) is 10.1. The van der Waals surface area contributed by atoms with Gasteiger partial charge in [-0.3, -0.25) is 19.1 Å². The molecule has 0 spiro atoms. The Morgan fingerprint density at radius 1 is 1.13 bits per heavy atom. The van der Waals surface area contributed by atoms with Crippen LogP contribution in [0.2, 0.25) is 0 Å². The van der Waals surface area contributed by atoms with Crippen LogP contribution in [0.1, 0.15) is 39.5 Å². The molecule has 0 unspecified atom stereocenters. The summed E-state index contributed by atoms with van der Waals surface area (Å²) in [5.74, 6) is 1.18. The van der Waals surface area contributed by atoms with Gasteiger partial charge >= 0.3 is 5.69 Å². The molecule has 0 aliphatic rings. The van der Waals surface area contributed by atoms with E-state index in [2.05, 4.69) is 4.98 Å². The highest BCUT2D eigenvalue weighted by Gasteiger charge is 2.22. The molecule has 0 bridgehead atoms. The van der Waals surface area contributed by atoms with E-state index in [4.69, 9.17) is 15.2 Å². The zero-order valence-electron chi connectivity index (χ0n) is 17.8. The average molecular weight is 418 g/mol. The van der Waals surface area contributed by atoms with Gasteiger partial charge in [0.25, 0.3) is 5.56 Å². The maximum atomic E-state index is 12.7. The fourth-order valence-corrected chi connectivity index (χ4v) is 3.06. The van der Waals surface area contributed by atoms with Crippen molar-refractivity contribution in [1.29, 1.82) is 0 Å². The molecule has 1 aromatic carbocycles. The molecule has 1 aromatic heterocycles. The Labute approximate surface area is 175 Å². The molecule has 3 N–H and O–H groups in total. The Balaban J connectivity index is 2.05. The second-order valence-corrected chi connectivity index (χ2v) is 6.76. The van der Waals surface area contributed by atoms with Crippen molar-refractivity contribution in [2.24, 2.45) is 0 Å². The molecule has 0 saturated heterocycles. The predicted octanol–water partition coefficient (Wildman–Crippen LogP) is 2.14. The van der Waals surface area contributed by atoms with Crippen molar-refractivity contribution >= 4 is 17.4 Å². The van der Waals surface area contributed by atoms with Crippen molar-refractivity contribution in [3.8, 4) is 11.5 Å². The quantitative estimate of drug-likeness (QED) is 0.540. The van der Waals surface area contributed by atoms with Gasteiger partial charge in [-0.05, 0) is 44.0 Å². The van der Waals surface area contributed by atoms with Gasteiger partial charge in [0.05, 0.1) is 13.7 Å². The molecule has 0 radical (unpaired) electrons. The van der Waals surface area contributed by atoms with Crippen LogP contribution >= 0.6 is 0 Å². The smallest absolute Gasteiger partial charge is 0.330 e. The van der Waals surface area contributed by atoms with Crippen LogP contribution in [0.5, 0.6) is 11.5 Å². The standard InChI is InChI=1S/C21H30N4O5/c1-4-6-13-25-19(22)18(20(27)23-21(25)28)24(5-2)17(26)8-7-14-30-16-11-9-15(29-3)10-12-16/h9-12H,4-8,13-14,22H2,1-3H3,(H,23,27,28). The summed E-state index contributed by atoms with van der Waals surface area (Å²) in [6.07, 6.45) is 2.24. The van der Waals surface area contributed by atoms with Gasteiger partial charge in [0, 0.05) is 19.5 Å². The second-order valence-electron chi connectivity index (χ2n) is 6.76. The number of amides is 1. The lowest BCUT2D eigenvalue weighted by Crippen LogP contribution is -2.41. The molecule has 2 rings (SSSR count). The van der Waals surface area contributed by atoms with E-state index < -0.39 is 11.2 Å². The van der Waals surface area contributed by atoms with E-state index in [0.717, 1.165) is 18.6 Å². The second kappa shape index (κ2) is 11.1. The number of aromatic nitrogens is 2. The largest absolute Gasteiger partial charge is 0.497 e. The molecule has 9 nitrogen and oxygen atoms in total. The zero-order valence-corrected chi connectivity index (χ0v) is 17.8. The number of methoxy groups -OCH3 is 1. The van der Waals surface area contributed by atoms with Gasteiger partial charge in [-0.25, -0.2) is 4.79 Å². The van der Waals surface area contributed by atoms with Gasteiger partial charge in [0.15, 0.2) is 5.69 Å². The predicted molar refractivity (Wildman–Crippen MR) is 116 cm³/mol. The minimum Gasteiger partial charge on any atom is -0.497 e. The molecule has 0 atom stereocenters. The highest BCUT2D eigenvalue weighted by atomic mass is 16.5. The molecule has 0 aliphatic heterocycles. The van der Waals surface area contributed by atoms with E-state index in [-0.39, 0.29) is 30.4 Å². The third kappa shape index (κ3) is 5.65. The maximum Gasteiger partial charge on any atom is 0.330 e. The molecular weight excluding hydrogens is 388 g/mol. The van der Waals surface area contributed by atoms with Crippen LogP contribution in [-0.4, -0.2) is 35.7 Å². The van der Waals surface area contributed by atoms with E-state index in [9.17, 15) is 14.4 Å². The van der Waals surface area contributed by atoms with Gasteiger partial charge in [-0.15, -0.1) is 0 Å². The van der Waals surface area contributed by atoms with Crippen molar-refractivity contribution in [1.82, 2.24) is 9.55 Å². The summed E-state index contributed by atoms with van der Waals surface area (Å²) in [5, 5.41) is 0. The van der Waals surface area contributed by atoms with Crippen molar-refractivity contribution in [3.05, 3.63) is 45.1 Å². The molecule has 0 fully saturated rings. The molecule has 164 valence electrons. The van der Waals surface area contributed by atoms with Gasteiger partial charge < -0.3 is 20.1 Å². The summed E-state index contributed by atoms with van der Waals surface area (Å²) in [7, 11) is 1.59. The highest BCUT2D eigenvalue weighted by molar-refractivity contribution is 5.95. The number of hydrogen-bond donors (Lipinski definition) is 2. The van der Waals surface area contributed by atoms with E-state index in [1.54, 1.807) is 38.3 Å². The summed E-state index contributed by atoms with van der Waals surface area (Å²) in [6, 6.07) is 7.17. The number of aromatic amines is 1. The number of nitrogens with one attached hydrogen (secondary N) is 1. The van der Waals surface area contributed by atoms with Gasteiger partial charge in [0.1, 0.15) is 17.3 Å². The average Bonchev–Trinajstić information content (AvgIpc) is 2.74. The molecule has 1 heterocycles. The van der Waals surface area contributed by atoms with Crippen molar-refractivity contribution in [2.75, 3.05) is 30.9 Å². The number of benzene rings is 1. The first-order chi connectivity index (χ1) is 14.4. The lowest BCUT2D eigenvalue weighted by molar-refractivity contribution is -0.118. The van der Waals surface area contributed by atoms with Crippen molar-refractivity contribution in [2.45, 2.75) is 46.1 Å². The number of anilines is 2.